The quantitative estimate of drug-likeness (QED) is 0.697. The lowest BCUT2D eigenvalue weighted by atomic mass is 10.3. The Balaban J connectivity index is 2.21. The van der Waals surface area contributed by atoms with Crippen LogP contribution in [0.5, 0.6) is 0 Å². The van der Waals surface area contributed by atoms with Crippen LogP contribution in [0.2, 0.25) is 0 Å². The predicted molar refractivity (Wildman–Crippen MR) is 60.0 cm³/mol. The number of aromatic amines is 1. The smallest absolute Gasteiger partial charge is 0.248 e. The van der Waals surface area contributed by atoms with Crippen molar-refractivity contribution in [2.24, 2.45) is 0 Å². The number of halogens is 1. The largest absolute Gasteiger partial charge is 0.436 e. The molecule has 0 fully saturated rings. The molecule has 0 atom stereocenters. The second-order valence-electron chi connectivity index (χ2n) is 3.57. The Bertz CT molecular complexity index is 745. The van der Waals surface area contributed by atoms with Crippen molar-refractivity contribution in [1.82, 2.24) is 9.97 Å². The van der Waals surface area contributed by atoms with Crippen molar-refractivity contribution in [3.63, 3.8) is 0 Å². The van der Waals surface area contributed by atoms with Crippen LogP contribution in [0, 0.1) is 5.82 Å². The first kappa shape index (κ1) is 9.77. The van der Waals surface area contributed by atoms with Crippen LogP contribution in [0.3, 0.4) is 0 Å². The van der Waals surface area contributed by atoms with Crippen molar-refractivity contribution in [3.05, 3.63) is 52.7 Å². The number of oxazole rings is 1. The number of aromatic nitrogens is 2. The molecule has 4 nitrogen and oxygen atoms in total. The number of H-pyrrole nitrogens is 1. The Kier molecular flexibility index (Phi) is 2.04. The van der Waals surface area contributed by atoms with Crippen molar-refractivity contribution in [2.75, 3.05) is 0 Å². The normalized spacial score (nSPS) is 10.9. The molecule has 0 saturated heterocycles. The maximum atomic E-state index is 13.0. The Morgan fingerprint density at radius 3 is 2.94 bits per heavy atom. The summed E-state index contributed by atoms with van der Waals surface area (Å²) in [5, 5.41) is 0. The average Bonchev–Trinajstić information content (AvgIpc) is 2.72. The van der Waals surface area contributed by atoms with Gasteiger partial charge in [-0.15, -0.1) is 0 Å². The third kappa shape index (κ3) is 1.71. The Morgan fingerprint density at radius 2 is 2.12 bits per heavy atom. The van der Waals surface area contributed by atoms with E-state index in [0.717, 1.165) is 0 Å². The molecule has 3 rings (SSSR count). The summed E-state index contributed by atoms with van der Waals surface area (Å²) in [4.78, 5) is 17.8. The van der Waals surface area contributed by atoms with Crippen molar-refractivity contribution in [3.8, 4) is 11.5 Å². The lowest BCUT2D eigenvalue weighted by molar-refractivity contribution is 0.614. The van der Waals surface area contributed by atoms with Gasteiger partial charge in [-0.2, -0.15) is 0 Å². The zero-order valence-electron chi connectivity index (χ0n) is 8.61. The molecular formula is C12H7FN2O2. The van der Waals surface area contributed by atoms with Crippen LogP contribution in [-0.4, -0.2) is 9.97 Å². The van der Waals surface area contributed by atoms with E-state index in [1.807, 2.05) is 0 Å². The molecule has 0 amide bonds. The van der Waals surface area contributed by atoms with E-state index in [0.29, 0.717) is 22.6 Å². The van der Waals surface area contributed by atoms with E-state index in [1.54, 1.807) is 6.07 Å². The topological polar surface area (TPSA) is 58.9 Å². The van der Waals surface area contributed by atoms with Gasteiger partial charge in [0, 0.05) is 23.9 Å². The standard InChI is InChI=1S/C12H7FN2O2/c13-8-1-2-10-9(6-8)15-12(17-10)7-3-4-14-11(16)5-7/h1-6H,(H,14,16). The summed E-state index contributed by atoms with van der Waals surface area (Å²) in [6.45, 7) is 0. The van der Waals surface area contributed by atoms with Crippen LogP contribution in [0.4, 0.5) is 4.39 Å². The van der Waals surface area contributed by atoms with Gasteiger partial charge in [-0.3, -0.25) is 4.79 Å². The van der Waals surface area contributed by atoms with Gasteiger partial charge >= 0.3 is 0 Å². The summed E-state index contributed by atoms with van der Waals surface area (Å²) in [5.74, 6) is -0.0695. The summed E-state index contributed by atoms with van der Waals surface area (Å²) in [7, 11) is 0. The lowest BCUT2D eigenvalue weighted by Gasteiger charge is -1.91. The number of hydrogen-bond acceptors (Lipinski definition) is 3. The van der Waals surface area contributed by atoms with Gasteiger partial charge in [0.15, 0.2) is 5.58 Å². The van der Waals surface area contributed by atoms with Crippen LogP contribution in [0.15, 0.2) is 45.7 Å². The SMILES string of the molecule is O=c1cc(-c2nc3cc(F)ccc3o2)cc[nH]1. The van der Waals surface area contributed by atoms with E-state index >= 15 is 0 Å². The van der Waals surface area contributed by atoms with Gasteiger partial charge in [0.1, 0.15) is 11.3 Å². The molecule has 0 aliphatic heterocycles. The Morgan fingerprint density at radius 1 is 1.24 bits per heavy atom. The summed E-state index contributed by atoms with van der Waals surface area (Å²) >= 11 is 0. The predicted octanol–water partition coefficient (Wildman–Crippen LogP) is 2.32. The molecule has 2 aromatic heterocycles. The average molecular weight is 230 g/mol. The van der Waals surface area contributed by atoms with Crippen LogP contribution in [0.1, 0.15) is 0 Å². The molecule has 0 bridgehead atoms. The second kappa shape index (κ2) is 3.55. The molecule has 0 aliphatic carbocycles. The highest BCUT2D eigenvalue weighted by Crippen LogP contribution is 2.23. The molecule has 0 radical (unpaired) electrons. The third-order valence-electron chi connectivity index (χ3n) is 2.37. The number of rotatable bonds is 1. The molecule has 0 saturated carbocycles. The maximum absolute atomic E-state index is 13.0. The number of pyridine rings is 1. The first-order valence-corrected chi connectivity index (χ1v) is 4.97. The van der Waals surface area contributed by atoms with Crippen LogP contribution in [0.25, 0.3) is 22.6 Å². The molecule has 1 aromatic carbocycles. The molecular weight excluding hydrogens is 223 g/mol. The molecule has 84 valence electrons. The zero-order chi connectivity index (χ0) is 11.8. The number of nitrogens with zero attached hydrogens (tertiary/aromatic N) is 1. The van der Waals surface area contributed by atoms with Crippen molar-refractivity contribution < 1.29 is 8.81 Å². The van der Waals surface area contributed by atoms with Gasteiger partial charge in [-0.25, -0.2) is 9.37 Å². The molecule has 0 aliphatic rings. The summed E-state index contributed by atoms with van der Waals surface area (Å²) in [6, 6.07) is 7.14. The van der Waals surface area contributed by atoms with E-state index in [2.05, 4.69) is 9.97 Å². The number of hydrogen-bond donors (Lipinski definition) is 1. The molecule has 5 heteroatoms. The van der Waals surface area contributed by atoms with Gasteiger partial charge in [0.2, 0.25) is 11.4 Å². The van der Waals surface area contributed by atoms with Crippen LogP contribution < -0.4 is 5.56 Å². The molecule has 17 heavy (non-hydrogen) atoms. The van der Waals surface area contributed by atoms with E-state index in [9.17, 15) is 9.18 Å². The van der Waals surface area contributed by atoms with E-state index in [1.165, 1.54) is 30.5 Å². The minimum absolute atomic E-state index is 0.240. The Labute approximate surface area is 94.7 Å². The van der Waals surface area contributed by atoms with Crippen LogP contribution in [-0.2, 0) is 0 Å². The molecule has 3 aromatic rings. The fourth-order valence-corrected chi connectivity index (χ4v) is 1.60. The molecule has 0 unspecified atom stereocenters. The number of benzene rings is 1. The van der Waals surface area contributed by atoms with Gasteiger partial charge < -0.3 is 9.40 Å². The molecule has 0 spiro atoms. The highest BCUT2D eigenvalue weighted by atomic mass is 19.1. The van der Waals surface area contributed by atoms with Crippen molar-refractivity contribution >= 4 is 11.1 Å². The fraction of sp³-hybridized carbons (Fsp3) is 0. The Hall–Kier alpha value is -2.43. The highest BCUT2D eigenvalue weighted by molar-refractivity contribution is 5.75. The third-order valence-corrected chi connectivity index (χ3v) is 2.37. The van der Waals surface area contributed by atoms with Gasteiger partial charge in [-0.05, 0) is 18.2 Å². The van der Waals surface area contributed by atoms with E-state index in [4.69, 9.17) is 4.42 Å². The monoisotopic (exact) mass is 230 g/mol. The summed E-state index contributed by atoms with van der Waals surface area (Å²) in [6.07, 6.45) is 1.51. The van der Waals surface area contributed by atoms with Crippen LogP contribution >= 0.6 is 0 Å². The van der Waals surface area contributed by atoms with E-state index < -0.39 is 0 Å². The second-order valence-corrected chi connectivity index (χ2v) is 3.57. The van der Waals surface area contributed by atoms with Crippen molar-refractivity contribution in [1.29, 1.82) is 0 Å². The number of nitrogens with one attached hydrogen (secondary N) is 1. The highest BCUT2D eigenvalue weighted by Gasteiger charge is 2.08. The van der Waals surface area contributed by atoms with Gasteiger partial charge in [0.25, 0.3) is 0 Å². The summed E-state index contributed by atoms with van der Waals surface area (Å²) < 4.78 is 18.4. The molecule has 1 N–H and O–H groups in total. The minimum Gasteiger partial charge on any atom is -0.436 e. The minimum atomic E-state index is -0.372. The zero-order valence-corrected chi connectivity index (χ0v) is 8.61. The van der Waals surface area contributed by atoms with Gasteiger partial charge in [-0.1, -0.05) is 0 Å². The fourth-order valence-electron chi connectivity index (χ4n) is 1.60. The summed E-state index contributed by atoms with van der Waals surface area (Å²) in [5.41, 5.74) is 1.24. The molecule has 2 heterocycles. The number of fused-ring (bicyclic) bond motifs is 1. The van der Waals surface area contributed by atoms with E-state index in [-0.39, 0.29) is 11.4 Å². The first-order valence-electron chi connectivity index (χ1n) is 4.97. The van der Waals surface area contributed by atoms with Crippen molar-refractivity contribution in [2.45, 2.75) is 0 Å². The lowest BCUT2D eigenvalue weighted by Crippen LogP contribution is -2.01. The maximum Gasteiger partial charge on any atom is 0.248 e. The van der Waals surface area contributed by atoms with Gasteiger partial charge in [0.05, 0.1) is 0 Å². The first-order chi connectivity index (χ1) is 8.22.